The van der Waals surface area contributed by atoms with Crippen molar-refractivity contribution in [3.05, 3.63) is 29.5 Å². The zero-order valence-electron chi connectivity index (χ0n) is 11.9. The van der Waals surface area contributed by atoms with Gasteiger partial charge in [0.15, 0.2) is 0 Å². The van der Waals surface area contributed by atoms with Crippen molar-refractivity contribution in [1.82, 2.24) is 4.57 Å². The van der Waals surface area contributed by atoms with E-state index in [1.54, 1.807) is 7.11 Å². The molecule has 0 saturated heterocycles. The summed E-state index contributed by atoms with van der Waals surface area (Å²) in [4.78, 5) is 0. The van der Waals surface area contributed by atoms with E-state index in [4.69, 9.17) is 10.5 Å². The molecule has 1 fully saturated rings. The van der Waals surface area contributed by atoms with E-state index < -0.39 is 0 Å². The van der Waals surface area contributed by atoms with E-state index in [2.05, 4.69) is 30.7 Å². The number of aryl methyl sites for hydroxylation is 1. The molecule has 1 heterocycles. The maximum absolute atomic E-state index is 6.04. The Hall–Kier alpha value is -1.48. The molecule has 0 bridgehead atoms. The van der Waals surface area contributed by atoms with Gasteiger partial charge in [-0.2, -0.15) is 0 Å². The number of rotatable bonds is 4. The SMILES string of the molecule is COc1ccc2c(c1)c(C(CN)C1CC1)c(C)n2C. The van der Waals surface area contributed by atoms with Crippen LogP contribution >= 0.6 is 0 Å². The van der Waals surface area contributed by atoms with Gasteiger partial charge in [0.1, 0.15) is 5.75 Å². The number of ether oxygens (including phenoxy) is 1. The van der Waals surface area contributed by atoms with Gasteiger partial charge in [0.2, 0.25) is 0 Å². The van der Waals surface area contributed by atoms with Gasteiger partial charge in [-0.15, -0.1) is 0 Å². The number of fused-ring (bicyclic) bond motifs is 1. The zero-order chi connectivity index (χ0) is 13.6. The van der Waals surface area contributed by atoms with Crippen LogP contribution in [0.3, 0.4) is 0 Å². The summed E-state index contributed by atoms with van der Waals surface area (Å²) in [6.07, 6.45) is 2.64. The van der Waals surface area contributed by atoms with Gasteiger partial charge >= 0.3 is 0 Å². The minimum atomic E-state index is 0.496. The Bertz CT molecular complexity index is 611. The molecule has 1 aromatic heterocycles. The number of methoxy groups -OCH3 is 1. The molecule has 102 valence electrons. The largest absolute Gasteiger partial charge is 0.497 e. The number of benzene rings is 1. The first-order valence-corrected chi connectivity index (χ1v) is 7.00. The fraction of sp³-hybridized carbons (Fsp3) is 0.500. The van der Waals surface area contributed by atoms with Crippen molar-refractivity contribution >= 4 is 10.9 Å². The molecule has 0 amide bonds. The van der Waals surface area contributed by atoms with Gasteiger partial charge in [-0.1, -0.05) is 0 Å². The van der Waals surface area contributed by atoms with E-state index in [1.807, 2.05) is 6.07 Å². The quantitative estimate of drug-likeness (QED) is 0.916. The molecular weight excluding hydrogens is 236 g/mol. The molecule has 2 N–H and O–H groups in total. The van der Waals surface area contributed by atoms with Crippen LogP contribution in [0.2, 0.25) is 0 Å². The minimum Gasteiger partial charge on any atom is -0.497 e. The third-order valence-electron chi connectivity index (χ3n) is 4.56. The van der Waals surface area contributed by atoms with Gasteiger partial charge in [-0.25, -0.2) is 0 Å². The highest BCUT2D eigenvalue weighted by Gasteiger charge is 2.34. The first-order valence-electron chi connectivity index (χ1n) is 7.00. The van der Waals surface area contributed by atoms with Crippen molar-refractivity contribution < 1.29 is 4.74 Å². The number of hydrogen-bond donors (Lipinski definition) is 1. The van der Waals surface area contributed by atoms with Crippen molar-refractivity contribution in [3.8, 4) is 5.75 Å². The molecule has 1 aliphatic carbocycles. The van der Waals surface area contributed by atoms with Gasteiger partial charge in [0, 0.05) is 29.6 Å². The molecule has 2 aromatic rings. The predicted molar refractivity (Wildman–Crippen MR) is 78.7 cm³/mol. The van der Waals surface area contributed by atoms with E-state index in [1.165, 1.54) is 35.0 Å². The lowest BCUT2D eigenvalue weighted by Crippen LogP contribution is -2.15. The van der Waals surface area contributed by atoms with Crippen LogP contribution in [-0.4, -0.2) is 18.2 Å². The first-order chi connectivity index (χ1) is 9.17. The van der Waals surface area contributed by atoms with Crippen molar-refractivity contribution in [2.24, 2.45) is 18.7 Å². The van der Waals surface area contributed by atoms with E-state index in [-0.39, 0.29) is 0 Å². The van der Waals surface area contributed by atoms with E-state index in [0.29, 0.717) is 5.92 Å². The lowest BCUT2D eigenvalue weighted by Gasteiger charge is -2.15. The van der Waals surface area contributed by atoms with Gasteiger partial charge in [0.25, 0.3) is 0 Å². The molecular formula is C16H22N2O. The van der Waals surface area contributed by atoms with Crippen molar-refractivity contribution in [2.75, 3.05) is 13.7 Å². The normalized spacial score (nSPS) is 16.8. The molecule has 1 aromatic carbocycles. The summed E-state index contributed by atoms with van der Waals surface area (Å²) in [5, 5.41) is 1.31. The van der Waals surface area contributed by atoms with Crippen LogP contribution in [-0.2, 0) is 7.05 Å². The first kappa shape index (κ1) is 12.5. The summed E-state index contributed by atoms with van der Waals surface area (Å²) in [5.41, 5.74) is 10.1. The lowest BCUT2D eigenvalue weighted by molar-refractivity contribution is 0.415. The molecule has 0 aliphatic heterocycles. The second kappa shape index (κ2) is 4.57. The monoisotopic (exact) mass is 258 g/mol. The maximum Gasteiger partial charge on any atom is 0.119 e. The summed E-state index contributed by atoms with van der Waals surface area (Å²) >= 11 is 0. The number of nitrogens with two attached hydrogens (primary N) is 1. The molecule has 3 nitrogen and oxygen atoms in total. The van der Waals surface area contributed by atoms with Gasteiger partial charge in [-0.05, 0) is 56.0 Å². The summed E-state index contributed by atoms with van der Waals surface area (Å²) in [6.45, 7) is 2.94. The van der Waals surface area contributed by atoms with Gasteiger partial charge in [0.05, 0.1) is 7.11 Å². The minimum absolute atomic E-state index is 0.496. The summed E-state index contributed by atoms with van der Waals surface area (Å²) < 4.78 is 7.65. The molecule has 1 saturated carbocycles. The molecule has 3 rings (SSSR count). The van der Waals surface area contributed by atoms with Crippen LogP contribution < -0.4 is 10.5 Å². The van der Waals surface area contributed by atoms with Crippen molar-refractivity contribution in [1.29, 1.82) is 0 Å². The average Bonchev–Trinajstić information content (AvgIpc) is 3.23. The fourth-order valence-corrected chi connectivity index (χ4v) is 3.22. The van der Waals surface area contributed by atoms with Crippen LogP contribution in [0.25, 0.3) is 10.9 Å². The average molecular weight is 258 g/mol. The van der Waals surface area contributed by atoms with Crippen LogP contribution in [0.4, 0.5) is 0 Å². The summed E-state index contributed by atoms with van der Waals surface area (Å²) in [5.74, 6) is 2.20. The molecule has 3 heteroatoms. The highest BCUT2D eigenvalue weighted by molar-refractivity contribution is 5.87. The second-order valence-electron chi connectivity index (χ2n) is 5.62. The molecule has 19 heavy (non-hydrogen) atoms. The highest BCUT2D eigenvalue weighted by atomic mass is 16.5. The second-order valence-corrected chi connectivity index (χ2v) is 5.62. The van der Waals surface area contributed by atoms with E-state index in [0.717, 1.165) is 18.2 Å². The standard InChI is InChI=1S/C16H22N2O/c1-10-16(14(9-17)11-4-5-11)13-8-12(19-3)6-7-15(13)18(10)2/h6-8,11,14H,4-5,9,17H2,1-3H3. The number of aromatic nitrogens is 1. The Balaban J connectivity index is 2.23. The van der Waals surface area contributed by atoms with E-state index in [9.17, 15) is 0 Å². The molecule has 1 unspecified atom stereocenters. The van der Waals surface area contributed by atoms with Gasteiger partial charge in [-0.3, -0.25) is 0 Å². The number of hydrogen-bond acceptors (Lipinski definition) is 2. The Kier molecular flexibility index (Phi) is 3.02. The van der Waals surface area contributed by atoms with Crippen molar-refractivity contribution in [2.45, 2.75) is 25.7 Å². The van der Waals surface area contributed by atoms with E-state index >= 15 is 0 Å². The van der Waals surface area contributed by atoms with Crippen molar-refractivity contribution in [3.63, 3.8) is 0 Å². The van der Waals surface area contributed by atoms with Crippen LogP contribution in [0, 0.1) is 12.8 Å². The Morgan fingerprint density at radius 3 is 2.74 bits per heavy atom. The van der Waals surface area contributed by atoms with Crippen LogP contribution in [0.15, 0.2) is 18.2 Å². The van der Waals surface area contributed by atoms with Crippen LogP contribution in [0.5, 0.6) is 5.75 Å². The summed E-state index contributed by atoms with van der Waals surface area (Å²) in [6, 6.07) is 6.33. The zero-order valence-corrected chi connectivity index (χ0v) is 11.9. The molecule has 1 aliphatic rings. The lowest BCUT2D eigenvalue weighted by atomic mass is 9.92. The molecule has 0 radical (unpaired) electrons. The van der Waals surface area contributed by atoms with Crippen LogP contribution in [0.1, 0.15) is 30.0 Å². The Morgan fingerprint density at radius 2 is 2.16 bits per heavy atom. The topological polar surface area (TPSA) is 40.2 Å². The third-order valence-corrected chi connectivity index (χ3v) is 4.56. The Labute approximate surface area is 114 Å². The highest BCUT2D eigenvalue weighted by Crippen LogP contribution is 2.46. The maximum atomic E-state index is 6.04. The Morgan fingerprint density at radius 1 is 1.42 bits per heavy atom. The fourth-order valence-electron chi connectivity index (χ4n) is 3.22. The third kappa shape index (κ3) is 1.93. The predicted octanol–water partition coefficient (Wildman–Crippen LogP) is 2.95. The smallest absolute Gasteiger partial charge is 0.119 e. The molecule has 1 atom stereocenters. The number of nitrogens with zero attached hydrogens (tertiary/aromatic N) is 1. The van der Waals surface area contributed by atoms with Gasteiger partial charge < -0.3 is 15.0 Å². The summed E-state index contributed by atoms with van der Waals surface area (Å²) in [7, 11) is 3.85. The molecule has 0 spiro atoms.